The number of H-pyrrole nitrogens is 3. The summed E-state index contributed by atoms with van der Waals surface area (Å²) in [6, 6.07) is 3.06. The number of imidazole rings is 2. The minimum absolute atomic E-state index is 0.0159. The Morgan fingerprint density at radius 1 is 0.486 bits per heavy atom. The molecule has 109 heavy (non-hydrogen) atoms. The maximum atomic E-state index is 15.0. The zero-order valence-electron chi connectivity index (χ0n) is 60.9. The summed E-state index contributed by atoms with van der Waals surface area (Å²) in [7, 11) is 0. The van der Waals surface area contributed by atoms with Crippen LogP contribution < -0.4 is 75.7 Å². The molecule has 3 aromatic carbocycles. The number of aromatic nitrogens is 5. The van der Waals surface area contributed by atoms with Crippen molar-refractivity contribution in [3.05, 3.63) is 138 Å². The quantitative estimate of drug-likeness (QED) is 0.0107. The molecule has 11 amide bonds. The normalized spacial score (nSPS) is 14.5. The molecule has 0 radical (unpaired) electrons. The molecular weight excluding hydrogens is 1420 g/mol. The number of carbonyl (C=O) groups is 13. The van der Waals surface area contributed by atoms with Crippen molar-refractivity contribution in [2.45, 2.75) is 184 Å². The molecule has 6 aromatic rings. The Bertz CT molecular complexity index is 4080. The fourth-order valence-corrected chi connectivity index (χ4v) is 11.7. The number of hydrogen-bond donors (Lipinski definition) is 22. The standard InChI is InChI=1S/C72H98N20O17/c1-37(2)24-47(73)61(98)85-54(28-42-32-80-48-15-10-9-14-46(42)48)66(103)88-55(29-43-33-77-35-81-43)67(104)89-56(30-44-34-78-36-82-44)69(106)92-60(39(5)93)70(107)91-53(26-40-12-7-6-8-13-40)65(102)87-52(27-41-17-19-45(94)20-18-41)64(101)90-57(31-58(74)95)68(105)83-49(21-22-59(96)97)62(99)86-51(25-38(3)4)63(100)84-50(71(108)109)16-11-23-79-72(75)76/h6-10,12-15,17-20,32-39,47,49-57,60,80,93-94H,11,16,21-31,73H2,1-5H3,(H2,74,95)(H,77,81)(H,78,82)(H,83,105)(H,84,100)(H,85,98)(H,86,99)(H,87,102)(H,88,103)(H,89,104)(H,90,101)(H,91,107)(H,92,106)(H,96,97)(H,108,109)(H4,75,76,79)/t39-,47+,49+,50+,51+,52+,53+,54+,55+,56+,57+,60+/m1/s1. The number of benzene rings is 3. The second-order valence-electron chi connectivity index (χ2n) is 27.2. The van der Waals surface area contributed by atoms with Gasteiger partial charge < -0.3 is 111 Å². The summed E-state index contributed by atoms with van der Waals surface area (Å²) in [4.78, 5) is 199. The van der Waals surface area contributed by atoms with Crippen LogP contribution >= 0.6 is 0 Å². The summed E-state index contributed by atoms with van der Waals surface area (Å²) in [5, 5.41) is 77.1. The molecule has 0 bridgehead atoms. The van der Waals surface area contributed by atoms with Gasteiger partial charge >= 0.3 is 11.9 Å². The van der Waals surface area contributed by atoms with Gasteiger partial charge in [0.1, 0.15) is 66.2 Å². The molecule has 0 fully saturated rings. The van der Waals surface area contributed by atoms with Crippen LogP contribution in [0.4, 0.5) is 0 Å². The fraction of sp³-hybridized carbons (Fsp3) is 0.444. The van der Waals surface area contributed by atoms with Gasteiger partial charge in [0, 0.05) is 74.6 Å². The molecule has 0 spiro atoms. The van der Waals surface area contributed by atoms with Crippen LogP contribution in [0.3, 0.4) is 0 Å². The summed E-state index contributed by atoms with van der Waals surface area (Å²) < 4.78 is 0. The smallest absolute Gasteiger partial charge is 0.326 e. The molecule has 25 N–H and O–H groups in total. The summed E-state index contributed by atoms with van der Waals surface area (Å²) in [5.74, 6) is -15.2. The van der Waals surface area contributed by atoms with Crippen LogP contribution in [0.25, 0.3) is 10.9 Å². The van der Waals surface area contributed by atoms with Crippen molar-refractivity contribution in [3.63, 3.8) is 0 Å². The molecule has 12 atom stereocenters. The van der Waals surface area contributed by atoms with Gasteiger partial charge in [-0.1, -0.05) is 88.4 Å². The van der Waals surface area contributed by atoms with Crippen LogP contribution in [0.5, 0.6) is 5.75 Å². The van der Waals surface area contributed by atoms with E-state index in [4.69, 9.17) is 22.6 Å². The highest BCUT2D eigenvalue weighted by Gasteiger charge is 2.39. The van der Waals surface area contributed by atoms with Gasteiger partial charge in [0.2, 0.25) is 65.0 Å². The molecule has 37 heteroatoms. The van der Waals surface area contributed by atoms with E-state index < -0.39 is 175 Å². The number of nitrogens with two attached hydrogens (primary N) is 3. The SMILES string of the molecule is CC(C)C[C@H](NC(=O)[C@H](CCC(=O)O)NC(=O)[C@H](CC(N)=O)NC(=O)[C@H](Cc1ccc(O)cc1)NC(=O)[C@H](Cc1ccccc1)NC(=O)[C@@H](NC(=O)[C@H](Cc1c[nH]cn1)NC(=O)[C@H](Cc1c[nH]cn1)NC(=O)[C@H](Cc1c[nH]c2ccccc12)NC(=O)[C@@H](N)CC(C)C)[C@@H](C)O)C(=O)N[C@@H](CCCNC(=N)N)C(=O)O. The average molecular weight is 1520 g/mol. The number of nitrogens with one attached hydrogen (secondary N) is 15. The first-order valence-electron chi connectivity index (χ1n) is 35.3. The number of carbonyl (C=O) groups excluding carboxylic acids is 11. The van der Waals surface area contributed by atoms with Crippen molar-refractivity contribution in [1.82, 2.24) is 83.4 Å². The van der Waals surface area contributed by atoms with Crippen LogP contribution in [0, 0.1) is 17.2 Å². The number of fused-ring (bicyclic) bond motifs is 1. The van der Waals surface area contributed by atoms with Crippen molar-refractivity contribution < 1.29 is 82.8 Å². The molecule has 3 heterocycles. The van der Waals surface area contributed by atoms with Crippen LogP contribution in [0.15, 0.2) is 110 Å². The van der Waals surface area contributed by atoms with Gasteiger partial charge in [-0.2, -0.15) is 0 Å². The fourth-order valence-electron chi connectivity index (χ4n) is 11.7. The number of amides is 11. The van der Waals surface area contributed by atoms with E-state index in [1.165, 1.54) is 49.3 Å². The van der Waals surface area contributed by atoms with Crippen molar-refractivity contribution in [3.8, 4) is 5.75 Å². The number of carboxylic acid groups (broad SMARTS) is 2. The van der Waals surface area contributed by atoms with E-state index in [2.05, 4.69) is 83.4 Å². The zero-order valence-corrected chi connectivity index (χ0v) is 60.9. The summed E-state index contributed by atoms with van der Waals surface area (Å²) in [6.07, 6.45) is 1.82. The second-order valence-corrected chi connectivity index (χ2v) is 27.2. The predicted molar refractivity (Wildman–Crippen MR) is 394 cm³/mol. The number of phenolic OH excluding ortho intramolecular Hbond substituents is 1. The number of para-hydroxylation sites is 1. The minimum Gasteiger partial charge on any atom is -0.508 e. The number of aliphatic hydroxyl groups is 1. The maximum absolute atomic E-state index is 15.0. The molecule has 0 aliphatic carbocycles. The Morgan fingerprint density at radius 2 is 0.936 bits per heavy atom. The van der Waals surface area contributed by atoms with E-state index in [0.717, 1.165) is 17.8 Å². The maximum Gasteiger partial charge on any atom is 0.326 e. The predicted octanol–water partition coefficient (Wildman–Crippen LogP) is -2.43. The zero-order chi connectivity index (χ0) is 80.0. The number of aliphatic carboxylic acids is 2. The molecule has 0 aliphatic heterocycles. The molecule has 588 valence electrons. The minimum atomic E-state index is -1.99. The van der Waals surface area contributed by atoms with Gasteiger partial charge in [-0.15, -0.1) is 0 Å². The number of nitrogens with zero attached hydrogens (tertiary/aromatic N) is 2. The molecular formula is C72H98N20O17. The summed E-state index contributed by atoms with van der Waals surface area (Å²) in [5.41, 5.74) is 19.8. The van der Waals surface area contributed by atoms with Crippen LogP contribution in [0.2, 0.25) is 0 Å². The number of carboxylic acids is 2. The summed E-state index contributed by atoms with van der Waals surface area (Å²) >= 11 is 0. The van der Waals surface area contributed by atoms with Crippen LogP contribution in [-0.4, -0.2) is 207 Å². The second kappa shape index (κ2) is 42.2. The molecule has 3 aromatic heterocycles. The number of rotatable bonds is 45. The van der Waals surface area contributed by atoms with Gasteiger partial charge in [-0.3, -0.25) is 62.9 Å². The van der Waals surface area contributed by atoms with E-state index in [0.29, 0.717) is 16.8 Å². The molecule has 37 nitrogen and oxygen atoms in total. The molecule has 0 unspecified atom stereocenters. The number of primary amides is 1. The first kappa shape index (κ1) is 85.6. The largest absolute Gasteiger partial charge is 0.508 e. The van der Waals surface area contributed by atoms with Gasteiger partial charge in [0.15, 0.2) is 5.96 Å². The van der Waals surface area contributed by atoms with Crippen LogP contribution in [-0.2, 0) is 94.4 Å². The Hall–Kier alpha value is -12.3. The lowest BCUT2D eigenvalue weighted by Gasteiger charge is -2.29. The highest BCUT2D eigenvalue weighted by molar-refractivity contribution is 6.00. The van der Waals surface area contributed by atoms with Crippen molar-refractivity contribution in [2.75, 3.05) is 6.54 Å². The lowest BCUT2D eigenvalue weighted by atomic mass is 10.0. The third kappa shape index (κ3) is 28.5. The van der Waals surface area contributed by atoms with Gasteiger partial charge in [0.25, 0.3) is 0 Å². The lowest BCUT2D eigenvalue weighted by molar-refractivity contribution is -0.142. The van der Waals surface area contributed by atoms with Crippen molar-refractivity contribution >= 4 is 93.8 Å². The third-order valence-electron chi connectivity index (χ3n) is 17.2. The number of guanidine groups is 1. The highest BCUT2D eigenvalue weighted by Crippen LogP contribution is 2.21. The van der Waals surface area contributed by atoms with Crippen molar-refractivity contribution in [1.29, 1.82) is 5.41 Å². The first-order chi connectivity index (χ1) is 51.7. The Morgan fingerprint density at radius 3 is 1.45 bits per heavy atom. The highest BCUT2D eigenvalue weighted by atomic mass is 16.4. The van der Waals surface area contributed by atoms with Gasteiger partial charge in [-0.25, -0.2) is 14.8 Å². The monoisotopic (exact) mass is 1510 g/mol. The van der Waals surface area contributed by atoms with Gasteiger partial charge in [-0.05, 0) is 85.8 Å². The third-order valence-corrected chi connectivity index (χ3v) is 17.2. The molecule has 6 rings (SSSR count). The number of aromatic hydroxyl groups is 1. The first-order valence-corrected chi connectivity index (χ1v) is 35.3. The topological polar surface area (TPSA) is 610 Å². The van der Waals surface area contributed by atoms with Gasteiger partial charge in [0.05, 0.1) is 42.6 Å². The Balaban J connectivity index is 1.26. The number of aromatic amines is 3. The lowest BCUT2D eigenvalue weighted by Crippen LogP contribution is -2.63. The van der Waals surface area contributed by atoms with E-state index in [9.17, 15) is 82.8 Å². The number of aliphatic hydroxyl groups excluding tert-OH is 1. The molecule has 0 aliphatic rings. The molecule has 0 saturated heterocycles. The number of hydrogen-bond acceptors (Lipinski definition) is 19. The Kier molecular flexibility index (Phi) is 33.1. The average Bonchev–Trinajstić information content (AvgIpc) is 1.33. The van der Waals surface area contributed by atoms with E-state index in [-0.39, 0.29) is 92.7 Å². The van der Waals surface area contributed by atoms with E-state index >= 15 is 0 Å². The Labute approximate surface area is 626 Å². The van der Waals surface area contributed by atoms with Crippen LogP contribution in [0.1, 0.15) is 108 Å². The molecule has 0 saturated carbocycles. The van der Waals surface area contributed by atoms with E-state index in [1.54, 1.807) is 56.4 Å². The van der Waals surface area contributed by atoms with Crippen molar-refractivity contribution in [2.24, 2.45) is 29.0 Å². The summed E-state index contributed by atoms with van der Waals surface area (Å²) in [6.45, 7) is 8.37. The number of phenols is 1. The van der Waals surface area contributed by atoms with E-state index in [1.807, 2.05) is 32.0 Å².